The van der Waals surface area contributed by atoms with Crippen molar-refractivity contribution in [1.82, 2.24) is 0 Å². The van der Waals surface area contributed by atoms with Gasteiger partial charge in [-0.3, -0.25) is 0 Å². The molecule has 1 rings (SSSR count). The molecule has 1 aromatic carbocycles. The third-order valence-corrected chi connectivity index (χ3v) is 2.06. The van der Waals surface area contributed by atoms with Crippen molar-refractivity contribution in [2.24, 2.45) is 0 Å². The van der Waals surface area contributed by atoms with Crippen LogP contribution in [0.25, 0.3) is 0 Å². The van der Waals surface area contributed by atoms with Gasteiger partial charge in [0.1, 0.15) is 0 Å². The first kappa shape index (κ1) is 8.32. The van der Waals surface area contributed by atoms with Gasteiger partial charge in [0.05, 0.1) is 0 Å². The van der Waals surface area contributed by atoms with Crippen molar-refractivity contribution in [2.75, 3.05) is 0 Å². The molecule has 0 N–H and O–H groups in total. The third-order valence-electron chi connectivity index (χ3n) is 2.06. The lowest BCUT2D eigenvalue weighted by atomic mass is 9.99. The average molecular weight is 147 g/mol. The smallest absolute Gasteiger partial charge is 0.0149 e. The van der Waals surface area contributed by atoms with Crippen LogP contribution in [0.15, 0.2) is 12.1 Å². The van der Waals surface area contributed by atoms with Gasteiger partial charge in [-0.2, -0.15) is 0 Å². The van der Waals surface area contributed by atoms with Crippen LogP contribution in [0, 0.1) is 19.9 Å². The van der Waals surface area contributed by atoms with E-state index in [0.717, 1.165) is 0 Å². The summed E-state index contributed by atoms with van der Waals surface area (Å²) >= 11 is 0. The molecule has 0 aliphatic rings. The van der Waals surface area contributed by atoms with E-state index >= 15 is 0 Å². The largest absolute Gasteiger partial charge is 0.0651 e. The first-order valence-corrected chi connectivity index (χ1v) is 4.22. The summed E-state index contributed by atoms with van der Waals surface area (Å²) < 4.78 is 0. The van der Waals surface area contributed by atoms with Crippen molar-refractivity contribution < 1.29 is 0 Å². The molecule has 0 spiro atoms. The minimum atomic E-state index is 1.19. The third kappa shape index (κ3) is 1.83. The van der Waals surface area contributed by atoms with Gasteiger partial charge in [0.25, 0.3) is 0 Å². The van der Waals surface area contributed by atoms with E-state index in [4.69, 9.17) is 0 Å². The zero-order valence-electron chi connectivity index (χ0n) is 7.57. The molecule has 0 fully saturated rings. The molecule has 0 aliphatic carbocycles. The SMILES string of the molecule is CCCc1c(C)[c]ccc1C. The fourth-order valence-electron chi connectivity index (χ4n) is 1.41. The predicted octanol–water partition coefficient (Wildman–Crippen LogP) is 3.06. The predicted molar refractivity (Wildman–Crippen MR) is 48.7 cm³/mol. The Morgan fingerprint density at radius 1 is 1.36 bits per heavy atom. The molecule has 0 unspecified atom stereocenters. The highest BCUT2D eigenvalue weighted by Crippen LogP contribution is 2.14. The van der Waals surface area contributed by atoms with E-state index in [2.05, 4.69) is 32.9 Å². The van der Waals surface area contributed by atoms with E-state index < -0.39 is 0 Å². The first-order chi connectivity index (χ1) is 5.25. The molecule has 0 aromatic heterocycles. The molecule has 0 heterocycles. The lowest BCUT2D eigenvalue weighted by molar-refractivity contribution is 0.902. The van der Waals surface area contributed by atoms with Crippen LogP contribution in [0.4, 0.5) is 0 Å². The molecule has 0 nitrogen and oxygen atoms in total. The van der Waals surface area contributed by atoms with Gasteiger partial charge < -0.3 is 0 Å². The van der Waals surface area contributed by atoms with Crippen molar-refractivity contribution >= 4 is 0 Å². The molecule has 0 saturated heterocycles. The Bertz CT molecular complexity index is 216. The van der Waals surface area contributed by atoms with E-state index in [1.54, 1.807) is 0 Å². The summed E-state index contributed by atoms with van der Waals surface area (Å²) in [5, 5.41) is 0. The molecule has 11 heavy (non-hydrogen) atoms. The Morgan fingerprint density at radius 3 is 2.64 bits per heavy atom. The number of aryl methyl sites for hydroxylation is 2. The Hall–Kier alpha value is -0.780. The average Bonchev–Trinajstić information content (AvgIpc) is 1.97. The van der Waals surface area contributed by atoms with Crippen molar-refractivity contribution in [2.45, 2.75) is 33.6 Å². The fourth-order valence-corrected chi connectivity index (χ4v) is 1.41. The normalized spacial score (nSPS) is 10.1. The lowest BCUT2D eigenvalue weighted by Crippen LogP contribution is -1.92. The van der Waals surface area contributed by atoms with E-state index in [1.165, 1.54) is 29.5 Å². The topological polar surface area (TPSA) is 0 Å². The van der Waals surface area contributed by atoms with E-state index in [-0.39, 0.29) is 0 Å². The highest BCUT2D eigenvalue weighted by Gasteiger charge is 1.99. The summed E-state index contributed by atoms with van der Waals surface area (Å²) in [6.45, 7) is 6.52. The summed E-state index contributed by atoms with van der Waals surface area (Å²) in [5.74, 6) is 0. The highest BCUT2D eigenvalue weighted by atomic mass is 14.0. The lowest BCUT2D eigenvalue weighted by Gasteiger charge is -2.06. The second-order valence-electron chi connectivity index (χ2n) is 3.01. The monoisotopic (exact) mass is 147 g/mol. The maximum atomic E-state index is 3.23. The van der Waals surface area contributed by atoms with Crippen molar-refractivity contribution in [1.29, 1.82) is 0 Å². The van der Waals surface area contributed by atoms with Gasteiger partial charge in [-0.25, -0.2) is 0 Å². The van der Waals surface area contributed by atoms with Crippen LogP contribution in [-0.4, -0.2) is 0 Å². The van der Waals surface area contributed by atoms with Gasteiger partial charge in [-0.1, -0.05) is 25.5 Å². The summed E-state index contributed by atoms with van der Waals surface area (Å²) in [4.78, 5) is 0. The van der Waals surface area contributed by atoms with Crippen LogP contribution in [0.2, 0.25) is 0 Å². The van der Waals surface area contributed by atoms with E-state index in [1.807, 2.05) is 6.07 Å². The molecular formula is C11H15. The van der Waals surface area contributed by atoms with Gasteiger partial charge in [-0.15, -0.1) is 0 Å². The molecule has 0 aliphatic heterocycles. The highest BCUT2D eigenvalue weighted by molar-refractivity contribution is 5.32. The van der Waals surface area contributed by atoms with Crippen LogP contribution >= 0.6 is 0 Å². The quantitative estimate of drug-likeness (QED) is 0.603. The Labute approximate surface area is 69.3 Å². The van der Waals surface area contributed by atoms with Crippen molar-refractivity contribution in [3.8, 4) is 0 Å². The minimum Gasteiger partial charge on any atom is -0.0651 e. The van der Waals surface area contributed by atoms with Crippen molar-refractivity contribution in [3.05, 3.63) is 34.9 Å². The van der Waals surface area contributed by atoms with Crippen LogP contribution in [0.1, 0.15) is 30.0 Å². The molecular weight excluding hydrogens is 132 g/mol. The van der Waals surface area contributed by atoms with Crippen LogP contribution in [0.3, 0.4) is 0 Å². The molecule has 0 heteroatoms. The number of hydrogen-bond donors (Lipinski definition) is 0. The minimum absolute atomic E-state index is 1.19. The van der Waals surface area contributed by atoms with Gasteiger partial charge in [0.2, 0.25) is 0 Å². The molecule has 1 radical (unpaired) electrons. The van der Waals surface area contributed by atoms with E-state index in [9.17, 15) is 0 Å². The molecule has 59 valence electrons. The van der Waals surface area contributed by atoms with Crippen LogP contribution in [-0.2, 0) is 6.42 Å². The fraction of sp³-hybridized carbons (Fsp3) is 0.455. The second kappa shape index (κ2) is 3.56. The maximum Gasteiger partial charge on any atom is -0.0149 e. The second-order valence-corrected chi connectivity index (χ2v) is 3.01. The molecule has 0 amide bonds. The van der Waals surface area contributed by atoms with Gasteiger partial charge >= 0.3 is 0 Å². The first-order valence-electron chi connectivity index (χ1n) is 4.22. The van der Waals surface area contributed by atoms with Gasteiger partial charge in [0.15, 0.2) is 0 Å². The summed E-state index contributed by atoms with van der Waals surface area (Å²) in [5.41, 5.74) is 4.20. The number of hydrogen-bond acceptors (Lipinski definition) is 0. The Morgan fingerprint density at radius 2 is 2.09 bits per heavy atom. The Balaban J connectivity index is 3.00. The maximum absolute atomic E-state index is 3.23. The molecule has 1 aromatic rings. The van der Waals surface area contributed by atoms with Crippen LogP contribution < -0.4 is 0 Å². The number of rotatable bonds is 2. The molecule has 0 atom stereocenters. The van der Waals surface area contributed by atoms with Crippen molar-refractivity contribution in [3.63, 3.8) is 0 Å². The summed E-state index contributed by atoms with van der Waals surface area (Å²) in [6.07, 6.45) is 2.41. The summed E-state index contributed by atoms with van der Waals surface area (Å²) in [6, 6.07) is 7.37. The molecule has 0 bridgehead atoms. The standard InChI is InChI=1S/C11H15/c1-4-6-11-9(2)7-5-8-10(11)3/h5,7H,4,6H2,1-3H3. The number of benzene rings is 1. The van der Waals surface area contributed by atoms with E-state index in [0.29, 0.717) is 0 Å². The van der Waals surface area contributed by atoms with Gasteiger partial charge in [-0.05, 0) is 43.0 Å². The zero-order chi connectivity index (χ0) is 8.27. The zero-order valence-corrected chi connectivity index (χ0v) is 7.57. The molecule has 0 saturated carbocycles. The van der Waals surface area contributed by atoms with Gasteiger partial charge in [0, 0.05) is 0 Å². The van der Waals surface area contributed by atoms with Crippen LogP contribution in [0.5, 0.6) is 0 Å². The summed E-state index contributed by atoms with van der Waals surface area (Å²) in [7, 11) is 0. The Kier molecular flexibility index (Phi) is 2.70.